The molecule has 1 aliphatic carbocycles. The van der Waals surface area contributed by atoms with Gasteiger partial charge in [-0.1, -0.05) is 32.5 Å². The lowest BCUT2D eigenvalue weighted by Gasteiger charge is -2.33. The number of amides is 1. The van der Waals surface area contributed by atoms with Crippen molar-refractivity contribution < 1.29 is 9.21 Å². The van der Waals surface area contributed by atoms with E-state index in [1.54, 1.807) is 17.6 Å². The summed E-state index contributed by atoms with van der Waals surface area (Å²) in [6, 6.07) is 4.18. The summed E-state index contributed by atoms with van der Waals surface area (Å²) < 4.78 is 7.21. The maximum atomic E-state index is 12.7. The third kappa shape index (κ3) is 4.34. The molecule has 0 aliphatic heterocycles. The van der Waals surface area contributed by atoms with Crippen LogP contribution in [0.2, 0.25) is 0 Å². The Morgan fingerprint density at radius 1 is 1.44 bits per heavy atom. The molecule has 9 heteroatoms. The van der Waals surface area contributed by atoms with Crippen LogP contribution in [-0.2, 0) is 24.7 Å². The smallest absolute Gasteiger partial charge is 0.235 e. The molecule has 1 atom stereocenters. The van der Waals surface area contributed by atoms with Crippen LogP contribution in [0.15, 0.2) is 21.9 Å². The third-order valence-corrected chi connectivity index (χ3v) is 8.31. The lowest BCUT2D eigenvalue weighted by Crippen LogP contribution is -2.26. The first-order valence-electron chi connectivity index (χ1n) is 10.6. The van der Waals surface area contributed by atoms with Crippen LogP contribution < -0.4 is 5.32 Å². The number of aromatic nitrogens is 3. The molecule has 3 aromatic rings. The van der Waals surface area contributed by atoms with Crippen LogP contribution in [-0.4, -0.2) is 26.4 Å². The fraction of sp³-hybridized carbons (Fsp3) is 0.478. The van der Waals surface area contributed by atoms with E-state index in [4.69, 9.17) is 4.42 Å². The molecule has 168 valence electrons. The lowest BCUT2D eigenvalue weighted by atomic mass is 9.72. The van der Waals surface area contributed by atoms with Gasteiger partial charge in [-0.15, -0.1) is 21.5 Å². The van der Waals surface area contributed by atoms with E-state index in [1.807, 2.05) is 24.6 Å². The normalized spacial score (nSPS) is 15.9. The van der Waals surface area contributed by atoms with E-state index in [0.29, 0.717) is 27.5 Å². The molecule has 3 heterocycles. The van der Waals surface area contributed by atoms with Crippen LogP contribution in [0.1, 0.15) is 49.0 Å². The second-order valence-electron chi connectivity index (χ2n) is 9.22. The van der Waals surface area contributed by atoms with Crippen molar-refractivity contribution in [1.29, 1.82) is 5.26 Å². The van der Waals surface area contributed by atoms with Crippen LogP contribution in [0, 0.1) is 29.6 Å². The summed E-state index contributed by atoms with van der Waals surface area (Å²) in [6.07, 6.45) is 4.57. The van der Waals surface area contributed by atoms with Gasteiger partial charge in [0.15, 0.2) is 11.0 Å². The van der Waals surface area contributed by atoms with Gasteiger partial charge in [0.05, 0.1) is 23.1 Å². The van der Waals surface area contributed by atoms with Crippen molar-refractivity contribution in [2.75, 3.05) is 11.1 Å². The number of nitriles is 1. The molecule has 3 aromatic heterocycles. The number of nitrogens with one attached hydrogen (secondary N) is 1. The largest absolute Gasteiger partial charge is 0.469 e. The molecule has 4 rings (SSSR count). The molecular weight excluding hydrogens is 442 g/mol. The van der Waals surface area contributed by atoms with Gasteiger partial charge in [-0.05, 0) is 49.1 Å². The number of hydrogen-bond donors (Lipinski definition) is 1. The molecule has 0 aromatic carbocycles. The fourth-order valence-electron chi connectivity index (χ4n) is 4.12. The van der Waals surface area contributed by atoms with E-state index >= 15 is 0 Å². The Morgan fingerprint density at radius 3 is 2.88 bits per heavy atom. The highest BCUT2D eigenvalue weighted by Gasteiger charge is 2.32. The quantitative estimate of drug-likeness (QED) is 0.516. The minimum absolute atomic E-state index is 0.151. The Kier molecular flexibility index (Phi) is 6.19. The Labute approximate surface area is 196 Å². The molecule has 0 fully saturated rings. The van der Waals surface area contributed by atoms with Gasteiger partial charge in [-0.3, -0.25) is 4.79 Å². The van der Waals surface area contributed by atoms with Gasteiger partial charge < -0.3 is 14.3 Å². The first-order valence-corrected chi connectivity index (χ1v) is 12.4. The average Bonchev–Trinajstić information content (AvgIpc) is 3.41. The van der Waals surface area contributed by atoms with Crippen LogP contribution >= 0.6 is 23.1 Å². The SMILES string of the molecule is Cc1occc1-c1nnc(SCC(=O)Nc2sc3c(c2C#N)CCC(C(C)(C)C)C3)n1C. The van der Waals surface area contributed by atoms with E-state index in [1.165, 1.54) is 16.6 Å². The number of anilines is 1. The number of thiophene rings is 1. The van der Waals surface area contributed by atoms with Gasteiger partial charge >= 0.3 is 0 Å². The first-order chi connectivity index (χ1) is 15.2. The highest BCUT2D eigenvalue weighted by Crippen LogP contribution is 2.44. The van der Waals surface area contributed by atoms with Crippen LogP contribution in [0.3, 0.4) is 0 Å². The highest BCUT2D eigenvalue weighted by atomic mass is 32.2. The van der Waals surface area contributed by atoms with Gasteiger partial charge in [0.1, 0.15) is 16.8 Å². The summed E-state index contributed by atoms with van der Waals surface area (Å²) in [5.74, 6) is 2.10. The zero-order valence-electron chi connectivity index (χ0n) is 19.0. The fourth-order valence-corrected chi connectivity index (χ4v) is 6.12. The van der Waals surface area contributed by atoms with Crippen LogP contribution in [0.5, 0.6) is 0 Å². The zero-order valence-corrected chi connectivity index (χ0v) is 20.6. The standard InChI is InChI=1S/C23H27N5O2S2/c1-13-15(8-9-30-13)20-26-27-22(28(20)5)31-12-19(29)25-21-17(11-24)16-7-6-14(23(2,3)4)10-18(16)32-21/h8-9,14H,6-7,10,12H2,1-5H3,(H,25,29). The summed E-state index contributed by atoms with van der Waals surface area (Å²) in [5.41, 5.74) is 2.87. The van der Waals surface area contributed by atoms with E-state index in [9.17, 15) is 10.1 Å². The molecule has 7 nitrogen and oxygen atoms in total. The predicted octanol–water partition coefficient (Wildman–Crippen LogP) is 5.20. The Bertz CT molecular complexity index is 1190. The van der Waals surface area contributed by atoms with Crippen molar-refractivity contribution >= 4 is 34.0 Å². The van der Waals surface area contributed by atoms with Crippen molar-refractivity contribution in [3.63, 3.8) is 0 Å². The Balaban J connectivity index is 1.44. The summed E-state index contributed by atoms with van der Waals surface area (Å²) >= 11 is 2.88. The minimum Gasteiger partial charge on any atom is -0.469 e. The number of carbonyl (C=O) groups excluding carboxylic acids is 1. The molecule has 1 amide bonds. The molecule has 0 saturated carbocycles. The number of thioether (sulfide) groups is 1. The van der Waals surface area contributed by atoms with Crippen molar-refractivity contribution in [2.24, 2.45) is 18.4 Å². The molecule has 0 spiro atoms. The van der Waals surface area contributed by atoms with Gasteiger partial charge in [0, 0.05) is 11.9 Å². The Morgan fingerprint density at radius 2 is 2.22 bits per heavy atom. The van der Waals surface area contributed by atoms with Gasteiger partial charge in [-0.2, -0.15) is 5.26 Å². The zero-order chi connectivity index (χ0) is 23.0. The monoisotopic (exact) mass is 469 g/mol. The summed E-state index contributed by atoms with van der Waals surface area (Å²) in [7, 11) is 1.87. The highest BCUT2D eigenvalue weighted by molar-refractivity contribution is 7.99. The van der Waals surface area contributed by atoms with E-state index in [-0.39, 0.29) is 17.1 Å². The van der Waals surface area contributed by atoms with Crippen molar-refractivity contribution in [3.05, 3.63) is 34.1 Å². The Hall–Kier alpha value is -2.57. The average molecular weight is 470 g/mol. The third-order valence-electron chi connectivity index (χ3n) is 6.12. The molecule has 1 N–H and O–H groups in total. The molecule has 0 bridgehead atoms. The number of furan rings is 1. The molecule has 0 saturated heterocycles. The number of carbonyl (C=O) groups is 1. The van der Waals surface area contributed by atoms with Gasteiger partial charge in [0.2, 0.25) is 5.91 Å². The minimum atomic E-state index is -0.151. The lowest BCUT2D eigenvalue weighted by molar-refractivity contribution is -0.113. The van der Waals surface area contributed by atoms with Crippen molar-refractivity contribution in [1.82, 2.24) is 14.8 Å². The maximum Gasteiger partial charge on any atom is 0.235 e. The molecule has 32 heavy (non-hydrogen) atoms. The molecule has 1 unspecified atom stereocenters. The number of rotatable bonds is 5. The topological polar surface area (TPSA) is 96.7 Å². The van der Waals surface area contributed by atoms with Crippen molar-refractivity contribution in [3.8, 4) is 17.5 Å². The van der Waals surface area contributed by atoms with Crippen molar-refractivity contribution in [2.45, 2.75) is 52.1 Å². The predicted molar refractivity (Wildman–Crippen MR) is 127 cm³/mol. The van der Waals surface area contributed by atoms with Gasteiger partial charge in [0.25, 0.3) is 0 Å². The summed E-state index contributed by atoms with van der Waals surface area (Å²) in [6.45, 7) is 8.69. The molecular formula is C23H27N5O2S2. The number of aryl methyl sites for hydroxylation is 1. The van der Waals surface area contributed by atoms with E-state index in [0.717, 1.165) is 36.1 Å². The summed E-state index contributed by atoms with van der Waals surface area (Å²) in [4.78, 5) is 13.9. The van der Waals surface area contributed by atoms with Crippen LogP contribution in [0.25, 0.3) is 11.4 Å². The van der Waals surface area contributed by atoms with Crippen LogP contribution in [0.4, 0.5) is 5.00 Å². The number of hydrogen-bond acceptors (Lipinski definition) is 7. The second-order valence-corrected chi connectivity index (χ2v) is 11.3. The summed E-state index contributed by atoms with van der Waals surface area (Å²) in [5, 5.41) is 22.5. The van der Waals surface area contributed by atoms with E-state index in [2.05, 4.69) is 42.4 Å². The number of nitrogens with zero attached hydrogens (tertiary/aromatic N) is 4. The second kappa shape index (κ2) is 8.75. The molecule has 0 radical (unpaired) electrons. The number of fused-ring (bicyclic) bond motifs is 1. The van der Waals surface area contributed by atoms with Gasteiger partial charge in [-0.25, -0.2) is 0 Å². The maximum absolute atomic E-state index is 12.7. The van der Waals surface area contributed by atoms with E-state index < -0.39 is 0 Å². The first kappa shape index (κ1) is 22.6. The molecule has 1 aliphatic rings.